The van der Waals surface area contributed by atoms with E-state index in [-0.39, 0.29) is 11.3 Å². The quantitative estimate of drug-likeness (QED) is 0.919. The summed E-state index contributed by atoms with van der Waals surface area (Å²) in [5, 5.41) is 2.94. The van der Waals surface area contributed by atoms with Gasteiger partial charge in [0, 0.05) is 24.2 Å². The van der Waals surface area contributed by atoms with E-state index in [1.165, 1.54) is 12.8 Å². The SMILES string of the molecule is CC(C)(C)C(=O)NCc1ccnc(OC2CCCC2)c1. The minimum Gasteiger partial charge on any atom is -0.474 e. The fourth-order valence-electron chi connectivity index (χ4n) is 2.25. The lowest BCUT2D eigenvalue weighted by Crippen LogP contribution is -2.34. The molecule has 1 aliphatic carbocycles. The van der Waals surface area contributed by atoms with Crippen LogP contribution < -0.4 is 10.1 Å². The van der Waals surface area contributed by atoms with Crippen molar-refractivity contribution < 1.29 is 9.53 Å². The van der Waals surface area contributed by atoms with Crippen molar-refractivity contribution in [1.82, 2.24) is 10.3 Å². The first kappa shape index (κ1) is 14.8. The van der Waals surface area contributed by atoms with Crippen molar-refractivity contribution in [2.24, 2.45) is 5.41 Å². The third kappa shape index (κ3) is 4.22. The van der Waals surface area contributed by atoms with Gasteiger partial charge in [0.25, 0.3) is 0 Å². The van der Waals surface area contributed by atoms with Crippen molar-refractivity contribution in [3.8, 4) is 5.88 Å². The van der Waals surface area contributed by atoms with Crippen LogP contribution in [0.1, 0.15) is 52.0 Å². The van der Waals surface area contributed by atoms with Crippen molar-refractivity contribution in [3.05, 3.63) is 23.9 Å². The van der Waals surface area contributed by atoms with Gasteiger partial charge >= 0.3 is 0 Å². The van der Waals surface area contributed by atoms with Crippen LogP contribution in [0.4, 0.5) is 0 Å². The fourth-order valence-corrected chi connectivity index (χ4v) is 2.25. The van der Waals surface area contributed by atoms with Gasteiger partial charge in [-0.1, -0.05) is 20.8 Å². The van der Waals surface area contributed by atoms with Crippen molar-refractivity contribution >= 4 is 5.91 Å². The molecule has 0 aliphatic heterocycles. The van der Waals surface area contributed by atoms with Crippen LogP contribution in [-0.4, -0.2) is 17.0 Å². The molecule has 1 saturated carbocycles. The summed E-state index contributed by atoms with van der Waals surface area (Å²) in [6.07, 6.45) is 6.77. The van der Waals surface area contributed by atoms with Crippen LogP contribution in [-0.2, 0) is 11.3 Å². The molecule has 1 aliphatic rings. The smallest absolute Gasteiger partial charge is 0.225 e. The Labute approximate surface area is 120 Å². The number of pyridine rings is 1. The minimum atomic E-state index is -0.365. The summed E-state index contributed by atoms with van der Waals surface area (Å²) in [6, 6.07) is 3.83. The molecule has 0 unspecified atom stereocenters. The van der Waals surface area contributed by atoms with Crippen molar-refractivity contribution in [3.63, 3.8) is 0 Å². The Hall–Kier alpha value is -1.58. The normalized spacial score (nSPS) is 16.1. The van der Waals surface area contributed by atoms with Crippen molar-refractivity contribution in [2.75, 3.05) is 0 Å². The molecule has 1 N–H and O–H groups in total. The third-order valence-electron chi connectivity index (χ3n) is 3.52. The fraction of sp³-hybridized carbons (Fsp3) is 0.625. The minimum absolute atomic E-state index is 0.0487. The molecule has 0 saturated heterocycles. The van der Waals surface area contributed by atoms with Crippen LogP contribution in [0.5, 0.6) is 5.88 Å². The number of hydrogen-bond acceptors (Lipinski definition) is 3. The lowest BCUT2D eigenvalue weighted by molar-refractivity contribution is -0.128. The lowest BCUT2D eigenvalue weighted by atomic mass is 9.95. The molecule has 1 heterocycles. The van der Waals surface area contributed by atoms with Crippen LogP contribution in [0.15, 0.2) is 18.3 Å². The highest BCUT2D eigenvalue weighted by molar-refractivity contribution is 5.81. The van der Waals surface area contributed by atoms with Crippen LogP contribution in [0.3, 0.4) is 0 Å². The van der Waals surface area contributed by atoms with Gasteiger partial charge in [0.05, 0.1) is 0 Å². The number of hydrogen-bond donors (Lipinski definition) is 1. The Morgan fingerprint density at radius 1 is 1.40 bits per heavy atom. The maximum atomic E-state index is 11.8. The molecule has 4 nitrogen and oxygen atoms in total. The summed E-state index contributed by atoms with van der Waals surface area (Å²) in [6.45, 7) is 6.23. The maximum absolute atomic E-state index is 11.8. The Balaban J connectivity index is 1.90. The standard InChI is InChI=1S/C16H24N2O2/c1-16(2,3)15(19)18-11-12-8-9-17-14(10-12)20-13-6-4-5-7-13/h8-10,13H,4-7,11H2,1-3H3,(H,18,19). The Morgan fingerprint density at radius 2 is 2.10 bits per heavy atom. The highest BCUT2D eigenvalue weighted by atomic mass is 16.5. The van der Waals surface area contributed by atoms with Crippen LogP contribution in [0.2, 0.25) is 0 Å². The number of carbonyl (C=O) groups is 1. The number of nitrogens with zero attached hydrogens (tertiary/aromatic N) is 1. The van der Waals surface area contributed by atoms with Crippen molar-refractivity contribution in [2.45, 2.75) is 59.1 Å². The molecular weight excluding hydrogens is 252 g/mol. The molecule has 1 aromatic rings. The van der Waals surface area contributed by atoms with E-state index in [9.17, 15) is 4.79 Å². The second-order valence-corrected chi connectivity index (χ2v) is 6.46. The monoisotopic (exact) mass is 276 g/mol. The topological polar surface area (TPSA) is 51.2 Å². The Bertz CT molecular complexity index is 460. The summed E-state index contributed by atoms with van der Waals surface area (Å²) in [5.41, 5.74) is 0.654. The van der Waals surface area contributed by atoms with Crippen LogP contribution in [0.25, 0.3) is 0 Å². The van der Waals surface area contributed by atoms with E-state index >= 15 is 0 Å². The molecule has 20 heavy (non-hydrogen) atoms. The summed E-state index contributed by atoms with van der Waals surface area (Å²) in [7, 11) is 0. The summed E-state index contributed by atoms with van der Waals surface area (Å²) in [4.78, 5) is 16.1. The van der Waals surface area contributed by atoms with Gasteiger partial charge in [0.15, 0.2) is 0 Å². The highest BCUT2D eigenvalue weighted by Gasteiger charge is 2.21. The van der Waals surface area contributed by atoms with Crippen LogP contribution >= 0.6 is 0 Å². The van der Waals surface area contributed by atoms with Gasteiger partial charge < -0.3 is 10.1 Å². The summed E-state index contributed by atoms with van der Waals surface area (Å²) in [5.74, 6) is 0.715. The number of nitrogens with one attached hydrogen (secondary N) is 1. The molecule has 0 aromatic carbocycles. The molecule has 1 aromatic heterocycles. The van der Waals surface area contributed by atoms with E-state index in [0.29, 0.717) is 18.5 Å². The van der Waals surface area contributed by atoms with Crippen LogP contribution in [0, 0.1) is 5.41 Å². The highest BCUT2D eigenvalue weighted by Crippen LogP contribution is 2.23. The molecular formula is C16H24N2O2. The average molecular weight is 276 g/mol. The van der Waals surface area contributed by atoms with Crippen molar-refractivity contribution in [1.29, 1.82) is 0 Å². The molecule has 2 rings (SSSR count). The van der Waals surface area contributed by atoms with E-state index in [1.807, 2.05) is 32.9 Å². The number of ether oxygens (including phenoxy) is 1. The Kier molecular flexibility index (Phi) is 4.63. The molecule has 1 amide bonds. The van der Waals surface area contributed by atoms with Gasteiger partial charge in [-0.05, 0) is 37.3 Å². The van der Waals surface area contributed by atoms with Gasteiger partial charge in [-0.15, -0.1) is 0 Å². The molecule has 0 radical (unpaired) electrons. The van der Waals surface area contributed by atoms with E-state index in [1.54, 1.807) is 6.20 Å². The predicted octanol–water partition coefficient (Wildman–Crippen LogP) is 3.07. The molecule has 110 valence electrons. The van der Waals surface area contributed by atoms with E-state index in [0.717, 1.165) is 18.4 Å². The second kappa shape index (κ2) is 6.25. The Morgan fingerprint density at radius 3 is 2.75 bits per heavy atom. The largest absolute Gasteiger partial charge is 0.474 e. The average Bonchev–Trinajstić information content (AvgIpc) is 2.88. The summed E-state index contributed by atoms with van der Waals surface area (Å²) >= 11 is 0. The second-order valence-electron chi connectivity index (χ2n) is 6.46. The van der Waals surface area contributed by atoms with Gasteiger partial charge in [0.1, 0.15) is 6.10 Å². The molecule has 0 bridgehead atoms. The number of amides is 1. The zero-order valence-corrected chi connectivity index (χ0v) is 12.6. The summed E-state index contributed by atoms with van der Waals surface area (Å²) < 4.78 is 5.87. The predicted molar refractivity (Wildman–Crippen MR) is 78.4 cm³/mol. The number of rotatable bonds is 4. The first-order chi connectivity index (χ1) is 9.45. The first-order valence-electron chi connectivity index (χ1n) is 7.35. The number of aromatic nitrogens is 1. The zero-order valence-electron chi connectivity index (χ0n) is 12.6. The van der Waals surface area contributed by atoms with Gasteiger partial charge in [-0.25, -0.2) is 4.98 Å². The molecule has 0 spiro atoms. The molecule has 4 heteroatoms. The number of carbonyl (C=O) groups excluding carboxylic acids is 1. The van der Waals surface area contributed by atoms with E-state index in [4.69, 9.17) is 4.74 Å². The molecule has 0 atom stereocenters. The zero-order chi connectivity index (χ0) is 14.6. The van der Waals surface area contributed by atoms with Gasteiger partial charge in [0.2, 0.25) is 11.8 Å². The van der Waals surface area contributed by atoms with E-state index < -0.39 is 0 Å². The maximum Gasteiger partial charge on any atom is 0.225 e. The third-order valence-corrected chi connectivity index (χ3v) is 3.52. The van der Waals surface area contributed by atoms with Gasteiger partial charge in [-0.2, -0.15) is 0 Å². The molecule has 1 fully saturated rings. The van der Waals surface area contributed by atoms with Gasteiger partial charge in [-0.3, -0.25) is 4.79 Å². The first-order valence-corrected chi connectivity index (χ1v) is 7.35. The lowest BCUT2D eigenvalue weighted by Gasteiger charge is -2.18. The van der Waals surface area contributed by atoms with E-state index in [2.05, 4.69) is 10.3 Å².